The Balaban J connectivity index is 1.73. The number of hydrogen-bond donors (Lipinski definition) is 3. The molecular formula is C28H46O3S. The number of hydrogen-bond acceptors (Lipinski definition) is 4. The highest BCUT2D eigenvalue weighted by Crippen LogP contribution is 2.58. The molecule has 0 bridgehead atoms. The standard InChI is InChI=1S/C28H46O3S/c1-6-23-13-14-24-21(10-9-15-26(23,24)5)11-12-22-18-28(31,19-25(29)20(22)4)32-17-16-27(30,7-2)8-3/h11-12,23-25,29-31H,4,6-10,13-19H2,1-3,5H3/t23-,24-,25-,26+,28-/m0/s1. The number of thioether (sulfide) groups is 1. The molecule has 3 fully saturated rings. The quantitative estimate of drug-likeness (QED) is 0.358. The highest BCUT2D eigenvalue weighted by atomic mass is 32.2. The van der Waals surface area contributed by atoms with E-state index in [1.54, 1.807) is 5.57 Å². The summed E-state index contributed by atoms with van der Waals surface area (Å²) in [5, 5.41) is 32.5. The second-order valence-corrected chi connectivity index (χ2v) is 12.4. The molecule has 0 spiro atoms. The van der Waals surface area contributed by atoms with Crippen LogP contribution in [0.3, 0.4) is 0 Å². The summed E-state index contributed by atoms with van der Waals surface area (Å²) in [5.74, 6) is 2.19. The van der Waals surface area contributed by atoms with Gasteiger partial charge in [-0.05, 0) is 85.5 Å². The Kier molecular flexibility index (Phi) is 8.45. The summed E-state index contributed by atoms with van der Waals surface area (Å²) < 4.78 is 0. The van der Waals surface area contributed by atoms with Crippen LogP contribution in [0.15, 0.2) is 35.5 Å². The van der Waals surface area contributed by atoms with Crippen molar-refractivity contribution in [2.45, 2.75) is 115 Å². The van der Waals surface area contributed by atoms with Gasteiger partial charge in [-0.3, -0.25) is 0 Å². The molecular weight excluding hydrogens is 416 g/mol. The van der Waals surface area contributed by atoms with Crippen molar-refractivity contribution in [3.63, 3.8) is 0 Å². The van der Waals surface area contributed by atoms with E-state index < -0.39 is 16.6 Å². The molecule has 0 aromatic heterocycles. The molecule has 3 N–H and O–H groups in total. The predicted octanol–water partition coefficient (Wildman–Crippen LogP) is 6.54. The van der Waals surface area contributed by atoms with Crippen LogP contribution in [0.1, 0.15) is 98.3 Å². The molecule has 182 valence electrons. The zero-order valence-electron chi connectivity index (χ0n) is 20.8. The maximum Gasteiger partial charge on any atom is 0.117 e. The third-order valence-corrected chi connectivity index (χ3v) is 10.5. The fourth-order valence-corrected chi connectivity index (χ4v) is 8.05. The van der Waals surface area contributed by atoms with E-state index in [0.29, 0.717) is 36.3 Å². The van der Waals surface area contributed by atoms with Crippen molar-refractivity contribution in [1.82, 2.24) is 0 Å². The average Bonchev–Trinajstić information content (AvgIpc) is 3.11. The number of allylic oxidation sites excluding steroid dienone is 3. The average molecular weight is 463 g/mol. The van der Waals surface area contributed by atoms with Crippen LogP contribution in [0.25, 0.3) is 0 Å². The second kappa shape index (κ2) is 10.4. The molecule has 0 aliphatic heterocycles. The van der Waals surface area contributed by atoms with Gasteiger partial charge in [-0.15, -0.1) is 11.8 Å². The molecule has 0 unspecified atom stereocenters. The Morgan fingerprint density at radius 3 is 2.56 bits per heavy atom. The van der Waals surface area contributed by atoms with Crippen LogP contribution in [-0.2, 0) is 0 Å². The molecule has 0 saturated heterocycles. The second-order valence-electron chi connectivity index (χ2n) is 10.9. The van der Waals surface area contributed by atoms with Crippen molar-refractivity contribution < 1.29 is 15.3 Å². The third kappa shape index (κ3) is 5.40. The largest absolute Gasteiger partial charge is 0.390 e. The van der Waals surface area contributed by atoms with E-state index in [0.717, 1.165) is 29.9 Å². The highest BCUT2D eigenvalue weighted by Gasteiger charge is 2.48. The van der Waals surface area contributed by atoms with Gasteiger partial charge in [-0.1, -0.05) is 58.4 Å². The van der Waals surface area contributed by atoms with Crippen molar-refractivity contribution in [2.75, 3.05) is 5.75 Å². The minimum atomic E-state index is -1.00. The maximum atomic E-state index is 11.3. The first kappa shape index (κ1) is 26.1. The van der Waals surface area contributed by atoms with Crippen LogP contribution in [0.2, 0.25) is 0 Å². The number of fused-ring (bicyclic) bond motifs is 1. The van der Waals surface area contributed by atoms with Gasteiger partial charge in [-0.2, -0.15) is 0 Å². The van der Waals surface area contributed by atoms with Gasteiger partial charge in [-0.25, -0.2) is 0 Å². The SMILES string of the molecule is C=C1C(=CC=C2CCC[C@]3(C)[C@@H](CC)CC[C@@H]23)C[C@](O)(SCCC(O)(CC)CC)C[C@@H]1O. The van der Waals surface area contributed by atoms with Crippen LogP contribution in [0.4, 0.5) is 0 Å². The van der Waals surface area contributed by atoms with E-state index in [9.17, 15) is 15.3 Å². The van der Waals surface area contributed by atoms with Crippen LogP contribution in [0, 0.1) is 17.3 Å². The van der Waals surface area contributed by atoms with Gasteiger partial charge in [0.1, 0.15) is 4.93 Å². The van der Waals surface area contributed by atoms with Gasteiger partial charge in [0.15, 0.2) is 0 Å². The Morgan fingerprint density at radius 1 is 1.19 bits per heavy atom. The van der Waals surface area contributed by atoms with Crippen LogP contribution < -0.4 is 0 Å². The minimum absolute atomic E-state index is 0.306. The summed E-state index contributed by atoms with van der Waals surface area (Å²) in [5.41, 5.74) is 3.07. The van der Waals surface area contributed by atoms with Crippen molar-refractivity contribution in [3.8, 4) is 0 Å². The first-order valence-corrected chi connectivity index (χ1v) is 13.9. The lowest BCUT2D eigenvalue weighted by Crippen LogP contribution is -2.38. The van der Waals surface area contributed by atoms with E-state index in [1.165, 1.54) is 50.3 Å². The normalized spacial score (nSPS) is 38.5. The minimum Gasteiger partial charge on any atom is -0.390 e. The van der Waals surface area contributed by atoms with Crippen LogP contribution in [0.5, 0.6) is 0 Å². The van der Waals surface area contributed by atoms with Gasteiger partial charge < -0.3 is 15.3 Å². The zero-order valence-corrected chi connectivity index (χ0v) is 21.6. The molecule has 0 aromatic rings. The topological polar surface area (TPSA) is 60.7 Å². The van der Waals surface area contributed by atoms with E-state index in [2.05, 4.69) is 32.6 Å². The molecule has 0 heterocycles. The lowest BCUT2D eigenvalue weighted by molar-refractivity contribution is 0.0288. The molecule has 0 radical (unpaired) electrons. The zero-order chi connectivity index (χ0) is 23.6. The van der Waals surface area contributed by atoms with E-state index in [4.69, 9.17) is 0 Å². The van der Waals surface area contributed by atoms with Gasteiger partial charge in [0.05, 0.1) is 11.7 Å². The van der Waals surface area contributed by atoms with E-state index >= 15 is 0 Å². The van der Waals surface area contributed by atoms with E-state index in [1.807, 2.05) is 13.8 Å². The first-order chi connectivity index (χ1) is 15.1. The Bertz CT molecular complexity index is 737. The van der Waals surface area contributed by atoms with Crippen molar-refractivity contribution in [1.29, 1.82) is 0 Å². The summed E-state index contributed by atoms with van der Waals surface area (Å²) in [6, 6.07) is 0. The van der Waals surface area contributed by atoms with Gasteiger partial charge in [0.2, 0.25) is 0 Å². The number of rotatable bonds is 8. The number of aliphatic hydroxyl groups excluding tert-OH is 1. The van der Waals surface area contributed by atoms with Gasteiger partial charge in [0, 0.05) is 12.8 Å². The first-order valence-electron chi connectivity index (χ1n) is 12.9. The molecule has 3 rings (SSSR count). The molecule has 4 heteroatoms. The fourth-order valence-electron chi connectivity index (χ4n) is 6.66. The molecule has 3 nitrogen and oxygen atoms in total. The molecule has 5 atom stereocenters. The summed E-state index contributed by atoms with van der Waals surface area (Å²) in [6.07, 6.45) is 14.3. The van der Waals surface area contributed by atoms with Crippen LogP contribution >= 0.6 is 11.8 Å². The summed E-state index contributed by atoms with van der Waals surface area (Å²) in [4.78, 5) is -1.00. The van der Waals surface area contributed by atoms with Crippen molar-refractivity contribution in [2.24, 2.45) is 17.3 Å². The van der Waals surface area contributed by atoms with Crippen molar-refractivity contribution in [3.05, 3.63) is 35.5 Å². The summed E-state index contributed by atoms with van der Waals surface area (Å²) in [6.45, 7) is 13.0. The van der Waals surface area contributed by atoms with E-state index in [-0.39, 0.29) is 0 Å². The Hall–Kier alpha value is -0.550. The Labute approximate surface area is 200 Å². The molecule has 0 aromatic carbocycles. The lowest BCUT2D eigenvalue weighted by Gasteiger charge is -2.42. The predicted molar refractivity (Wildman–Crippen MR) is 137 cm³/mol. The Morgan fingerprint density at radius 2 is 1.91 bits per heavy atom. The molecule has 3 saturated carbocycles. The smallest absolute Gasteiger partial charge is 0.117 e. The van der Waals surface area contributed by atoms with Gasteiger partial charge in [0.25, 0.3) is 0 Å². The van der Waals surface area contributed by atoms with Gasteiger partial charge >= 0.3 is 0 Å². The lowest BCUT2D eigenvalue weighted by atomic mass is 9.63. The maximum absolute atomic E-state index is 11.3. The van der Waals surface area contributed by atoms with Crippen LogP contribution in [-0.4, -0.2) is 37.7 Å². The molecule has 32 heavy (non-hydrogen) atoms. The van der Waals surface area contributed by atoms with Crippen molar-refractivity contribution >= 4 is 11.8 Å². The molecule has 3 aliphatic carbocycles. The third-order valence-electron chi connectivity index (χ3n) is 9.20. The monoisotopic (exact) mass is 462 g/mol. The summed E-state index contributed by atoms with van der Waals surface area (Å²) >= 11 is 1.48. The number of aliphatic hydroxyl groups is 3. The summed E-state index contributed by atoms with van der Waals surface area (Å²) in [7, 11) is 0. The highest BCUT2D eigenvalue weighted by molar-refractivity contribution is 8.00. The fraction of sp³-hybridized carbons (Fsp3) is 0.786. The molecule has 0 amide bonds. The molecule has 3 aliphatic rings.